The van der Waals surface area contributed by atoms with Crippen LogP contribution >= 0.6 is 23.4 Å². The molecule has 29 heavy (non-hydrogen) atoms. The molecule has 0 saturated heterocycles. The molecule has 2 aromatic heterocycles. The molecule has 0 aliphatic heterocycles. The van der Waals surface area contributed by atoms with Gasteiger partial charge in [-0.1, -0.05) is 29.4 Å². The molecule has 0 atom stereocenters. The third-order valence-electron chi connectivity index (χ3n) is 4.06. The SMILES string of the molecule is COc1cn(CC(=O)Nc2ccc(C)c(Cl)c2)c(CSc2ncccn2)cc1=O. The number of methoxy groups -OCH3 is 1. The van der Waals surface area contributed by atoms with Crippen LogP contribution in [0, 0.1) is 6.92 Å². The second kappa shape index (κ2) is 9.58. The van der Waals surface area contributed by atoms with Gasteiger partial charge in [-0.3, -0.25) is 9.59 Å². The topological polar surface area (TPSA) is 86.1 Å². The first-order valence-electron chi connectivity index (χ1n) is 8.69. The molecule has 0 aliphatic carbocycles. The molecule has 1 aromatic carbocycles. The normalized spacial score (nSPS) is 10.6. The first-order valence-corrected chi connectivity index (χ1v) is 10.1. The number of rotatable bonds is 7. The predicted molar refractivity (Wildman–Crippen MR) is 114 cm³/mol. The van der Waals surface area contributed by atoms with Gasteiger partial charge in [0.25, 0.3) is 0 Å². The zero-order valence-electron chi connectivity index (χ0n) is 15.9. The Labute approximate surface area is 177 Å². The molecule has 3 rings (SSSR count). The van der Waals surface area contributed by atoms with Crippen LogP contribution in [0.25, 0.3) is 0 Å². The maximum absolute atomic E-state index is 12.6. The lowest BCUT2D eigenvalue weighted by Gasteiger charge is -2.15. The van der Waals surface area contributed by atoms with E-state index in [0.717, 1.165) is 5.56 Å². The molecule has 0 spiro atoms. The van der Waals surface area contributed by atoms with Gasteiger partial charge in [-0.05, 0) is 30.7 Å². The summed E-state index contributed by atoms with van der Waals surface area (Å²) in [4.78, 5) is 33.1. The van der Waals surface area contributed by atoms with E-state index in [4.69, 9.17) is 16.3 Å². The van der Waals surface area contributed by atoms with Gasteiger partial charge in [0.1, 0.15) is 6.54 Å². The first kappa shape index (κ1) is 20.9. The van der Waals surface area contributed by atoms with Gasteiger partial charge in [-0.15, -0.1) is 0 Å². The van der Waals surface area contributed by atoms with E-state index in [1.54, 1.807) is 35.2 Å². The molecule has 0 aliphatic rings. The lowest BCUT2D eigenvalue weighted by atomic mass is 10.2. The molecule has 2 heterocycles. The number of carbonyl (C=O) groups is 1. The lowest BCUT2D eigenvalue weighted by molar-refractivity contribution is -0.116. The number of halogens is 1. The second-order valence-electron chi connectivity index (χ2n) is 6.16. The van der Waals surface area contributed by atoms with Crippen LogP contribution in [0.1, 0.15) is 11.3 Å². The van der Waals surface area contributed by atoms with Gasteiger partial charge in [-0.25, -0.2) is 9.97 Å². The number of nitrogens with zero attached hydrogens (tertiary/aromatic N) is 3. The lowest BCUT2D eigenvalue weighted by Crippen LogP contribution is -2.22. The van der Waals surface area contributed by atoms with Crippen molar-refractivity contribution in [2.75, 3.05) is 12.4 Å². The Bertz CT molecular complexity index is 1070. The number of hydrogen-bond acceptors (Lipinski definition) is 6. The maximum Gasteiger partial charge on any atom is 0.244 e. The molecule has 0 unspecified atom stereocenters. The Morgan fingerprint density at radius 2 is 2.03 bits per heavy atom. The van der Waals surface area contributed by atoms with E-state index in [1.165, 1.54) is 31.1 Å². The summed E-state index contributed by atoms with van der Waals surface area (Å²) < 4.78 is 6.80. The first-order chi connectivity index (χ1) is 14.0. The molecular weight excluding hydrogens is 412 g/mol. The summed E-state index contributed by atoms with van der Waals surface area (Å²) in [6.07, 6.45) is 4.83. The number of aryl methyl sites for hydroxylation is 1. The third kappa shape index (κ3) is 5.58. The van der Waals surface area contributed by atoms with Crippen LogP contribution in [0.15, 0.2) is 58.9 Å². The molecule has 1 amide bonds. The molecule has 0 saturated carbocycles. The summed E-state index contributed by atoms with van der Waals surface area (Å²) in [5.41, 5.74) is 1.94. The van der Waals surface area contributed by atoms with Gasteiger partial charge in [0.15, 0.2) is 10.9 Å². The molecular formula is C20H19ClN4O3S. The number of thioether (sulfide) groups is 1. The fourth-order valence-corrected chi connectivity index (χ4v) is 3.52. The minimum absolute atomic E-state index is 0.00761. The molecule has 7 nitrogen and oxygen atoms in total. The van der Waals surface area contributed by atoms with Crippen LogP contribution in [0.2, 0.25) is 5.02 Å². The van der Waals surface area contributed by atoms with Crippen molar-refractivity contribution in [3.8, 4) is 5.75 Å². The van der Waals surface area contributed by atoms with Gasteiger partial charge in [0.05, 0.1) is 13.3 Å². The van der Waals surface area contributed by atoms with Crippen molar-refractivity contribution in [1.29, 1.82) is 0 Å². The summed E-state index contributed by atoms with van der Waals surface area (Å²) in [6.45, 7) is 1.90. The second-order valence-corrected chi connectivity index (χ2v) is 7.51. The molecule has 1 N–H and O–H groups in total. The van der Waals surface area contributed by atoms with E-state index < -0.39 is 0 Å². The van der Waals surface area contributed by atoms with E-state index in [0.29, 0.717) is 27.3 Å². The molecule has 0 radical (unpaired) electrons. The molecule has 3 aromatic rings. The number of nitrogens with one attached hydrogen (secondary N) is 1. The summed E-state index contributed by atoms with van der Waals surface area (Å²) >= 11 is 7.49. The van der Waals surface area contributed by atoms with Crippen molar-refractivity contribution >= 4 is 35.0 Å². The minimum Gasteiger partial charge on any atom is -0.491 e. The number of anilines is 1. The van der Waals surface area contributed by atoms with Crippen LogP contribution in [0.4, 0.5) is 5.69 Å². The zero-order valence-corrected chi connectivity index (χ0v) is 17.5. The number of carbonyl (C=O) groups excluding carboxylic acids is 1. The Hall–Kier alpha value is -2.84. The van der Waals surface area contributed by atoms with Crippen LogP contribution in [-0.2, 0) is 17.1 Å². The summed E-state index contributed by atoms with van der Waals surface area (Å²) in [6, 6.07) is 8.51. The Morgan fingerprint density at radius 1 is 1.28 bits per heavy atom. The zero-order chi connectivity index (χ0) is 20.8. The van der Waals surface area contributed by atoms with Gasteiger partial charge < -0.3 is 14.6 Å². The molecule has 9 heteroatoms. The number of aromatic nitrogens is 3. The summed E-state index contributed by atoms with van der Waals surface area (Å²) in [5, 5.41) is 3.98. The minimum atomic E-state index is -0.252. The van der Waals surface area contributed by atoms with Crippen molar-refractivity contribution in [3.63, 3.8) is 0 Å². The van der Waals surface area contributed by atoms with Gasteiger partial charge in [0.2, 0.25) is 11.3 Å². The number of hydrogen-bond donors (Lipinski definition) is 1. The molecule has 0 bridgehead atoms. The van der Waals surface area contributed by atoms with Gasteiger partial charge in [0, 0.05) is 40.6 Å². The highest BCUT2D eigenvalue weighted by Gasteiger charge is 2.12. The van der Waals surface area contributed by atoms with Crippen LogP contribution in [0.3, 0.4) is 0 Å². The highest BCUT2D eigenvalue weighted by molar-refractivity contribution is 7.98. The quantitative estimate of drug-likeness (QED) is 0.455. The van der Waals surface area contributed by atoms with Crippen LogP contribution in [-0.4, -0.2) is 27.6 Å². The van der Waals surface area contributed by atoms with E-state index in [2.05, 4.69) is 15.3 Å². The van der Waals surface area contributed by atoms with Crippen molar-refractivity contribution in [2.45, 2.75) is 24.4 Å². The highest BCUT2D eigenvalue weighted by Crippen LogP contribution is 2.21. The monoisotopic (exact) mass is 430 g/mol. The summed E-state index contributed by atoms with van der Waals surface area (Å²) in [5.74, 6) is 0.339. The molecule has 150 valence electrons. The average Bonchev–Trinajstić information content (AvgIpc) is 2.71. The van der Waals surface area contributed by atoms with Crippen molar-refractivity contribution in [1.82, 2.24) is 14.5 Å². The number of amides is 1. The van der Waals surface area contributed by atoms with Crippen molar-refractivity contribution < 1.29 is 9.53 Å². The number of ether oxygens (including phenoxy) is 1. The smallest absolute Gasteiger partial charge is 0.244 e. The van der Waals surface area contributed by atoms with E-state index in [1.807, 2.05) is 13.0 Å². The van der Waals surface area contributed by atoms with E-state index in [-0.39, 0.29) is 23.6 Å². The average molecular weight is 431 g/mol. The van der Waals surface area contributed by atoms with Crippen LogP contribution < -0.4 is 15.5 Å². The predicted octanol–water partition coefficient (Wildman–Crippen LogP) is 3.54. The molecule has 0 fully saturated rings. The van der Waals surface area contributed by atoms with Gasteiger partial charge >= 0.3 is 0 Å². The summed E-state index contributed by atoms with van der Waals surface area (Å²) in [7, 11) is 1.42. The highest BCUT2D eigenvalue weighted by atomic mass is 35.5. The van der Waals surface area contributed by atoms with Crippen LogP contribution in [0.5, 0.6) is 5.75 Å². The fraction of sp³-hybridized carbons (Fsp3) is 0.200. The Morgan fingerprint density at radius 3 is 2.72 bits per heavy atom. The number of benzene rings is 1. The fourth-order valence-electron chi connectivity index (χ4n) is 2.54. The Kier molecular flexibility index (Phi) is 6.90. The maximum atomic E-state index is 12.6. The van der Waals surface area contributed by atoms with Gasteiger partial charge in [-0.2, -0.15) is 0 Å². The van der Waals surface area contributed by atoms with E-state index in [9.17, 15) is 9.59 Å². The largest absolute Gasteiger partial charge is 0.491 e. The standard InChI is InChI=1S/C20H19ClN4O3S/c1-13-4-5-14(8-16(13)21)24-19(27)11-25-10-18(28-2)17(26)9-15(25)12-29-20-22-6-3-7-23-20/h3-10H,11-12H2,1-2H3,(H,24,27). The van der Waals surface area contributed by atoms with Crippen molar-refractivity contribution in [2.24, 2.45) is 0 Å². The Balaban J connectivity index is 1.79. The number of pyridine rings is 1. The van der Waals surface area contributed by atoms with E-state index >= 15 is 0 Å². The van der Waals surface area contributed by atoms with Crippen molar-refractivity contribution in [3.05, 3.63) is 75.4 Å². The third-order valence-corrected chi connectivity index (χ3v) is 5.38.